The number of rotatable bonds is 23. The van der Waals surface area contributed by atoms with Gasteiger partial charge in [-0.25, -0.2) is 4.39 Å². The maximum atomic E-state index is 16.1. The number of aromatic hydroxyl groups is 1. The van der Waals surface area contributed by atoms with Crippen LogP contribution >= 0.6 is 23.2 Å². The number of fused-ring (bicyclic) bond motifs is 2. The normalized spacial score (nSPS) is 20.4. The number of benzene rings is 4. The Kier molecular flexibility index (Phi) is 21.9. The summed E-state index contributed by atoms with van der Waals surface area (Å²) in [6, 6.07) is 21.7. The molecule has 4 N–H and O–H groups in total. The molecular weight excluding hydrogens is 1170 g/mol. The molecule has 89 heavy (non-hydrogen) atoms. The van der Waals surface area contributed by atoms with Crippen molar-refractivity contribution >= 4 is 68.9 Å². The molecule has 4 aliphatic rings. The fourth-order valence-electron chi connectivity index (χ4n) is 12.7. The van der Waals surface area contributed by atoms with E-state index in [1.807, 2.05) is 56.9 Å². The van der Waals surface area contributed by atoms with Crippen molar-refractivity contribution in [2.24, 2.45) is 11.3 Å². The summed E-state index contributed by atoms with van der Waals surface area (Å²) in [7, 11) is 1.43. The van der Waals surface area contributed by atoms with Crippen LogP contribution in [-0.2, 0) is 37.4 Å². The number of phenols is 1. The molecule has 0 saturated carbocycles. The number of piperidine rings is 1. The van der Waals surface area contributed by atoms with Gasteiger partial charge in [0.1, 0.15) is 34.7 Å². The first-order valence-electron chi connectivity index (χ1n) is 30.3. The predicted octanol–water partition coefficient (Wildman–Crippen LogP) is 9.72. The van der Waals surface area contributed by atoms with E-state index in [-0.39, 0.29) is 76.1 Å². The number of carbonyl (C=O) groups is 3. The van der Waals surface area contributed by atoms with Crippen LogP contribution in [0.1, 0.15) is 80.6 Å². The molecule has 21 heteroatoms. The molecule has 3 amide bonds. The number of nitriles is 1. The highest BCUT2D eigenvalue weighted by Gasteiger charge is 2.59. The third-order valence-corrected chi connectivity index (χ3v) is 17.4. The van der Waals surface area contributed by atoms with Crippen molar-refractivity contribution in [2.45, 2.75) is 96.1 Å². The Morgan fingerprint density at radius 1 is 1.00 bits per heavy atom. The highest BCUT2D eigenvalue weighted by atomic mass is 35.5. The molecule has 0 bridgehead atoms. The molecule has 5 heterocycles. The van der Waals surface area contributed by atoms with Crippen LogP contribution in [0.2, 0.25) is 5.02 Å². The molecule has 3 saturated heterocycles. The smallest absolute Gasteiger partial charge is 0.318 e. The van der Waals surface area contributed by atoms with Crippen molar-refractivity contribution in [3.63, 3.8) is 0 Å². The van der Waals surface area contributed by atoms with Crippen molar-refractivity contribution in [1.82, 2.24) is 30.4 Å². The largest absolute Gasteiger partial charge is 0.508 e. The SMILES string of the molecule is C#C/C(Cl)=C\C=C/C[C@H]1[C@H](C(=O)Nc2ccc(C(=O)NCCOCCOC3CCN(C[C@@H](C)Oc4nc5c(c(N6CCN(C(=O)C=C)CC6)n4)CCN(c4cc(O)cc6ccccc46)C5)CC3)cc2OC)N[C@@H](CC(C)(C)C)[C@]1(C#N)c1ccc(Cl)cc1F. The van der Waals surface area contributed by atoms with Gasteiger partial charge in [0.15, 0.2) is 0 Å². The summed E-state index contributed by atoms with van der Waals surface area (Å²) in [5, 5.41) is 33.5. The lowest BCUT2D eigenvalue weighted by Crippen LogP contribution is -2.49. The van der Waals surface area contributed by atoms with Crippen molar-refractivity contribution in [3.8, 4) is 35.9 Å². The van der Waals surface area contributed by atoms with E-state index in [9.17, 15) is 24.8 Å². The second-order valence-electron chi connectivity index (χ2n) is 24.2. The molecule has 5 aromatic rings. The standard InChI is InChI=1S/C68H79Cl2FN10O8/c1-8-47(69)15-11-13-17-54-62(76-60(40-67(4,5)6)68(54,43-72)53-20-19-48(70)38-55(53)71)65(85)74-56-21-18-46(37-59(56)86-7)64(84)73-25-33-87-34-35-88-50-22-26-78(27-23-50)41-44(3)89-66-75-57-42-81(58-39-49(82)36-45-14-10-12-16-51(45)58)28-24-52(57)63(77-66)80-31-29-79(30-32-80)61(83)9-2/h1,9-16,18-21,36-39,44,50,54,60,62,76,82H,2,17,22-35,40-42H2,3-7H3,(H,73,84)(H,74,85)/b13-11-,47-15+/t44-,54+,60+,62-,68-/m1/s1. The molecule has 0 radical (unpaired) electrons. The van der Waals surface area contributed by atoms with E-state index >= 15 is 4.39 Å². The second-order valence-corrected chi connectivity index (χ2v) is 25.0. The maximum Gasteiger partial charge on any atom is 0.318 e. The average molecular weight is 1250 g/mol. The van der Waals surface area contributed by atoms with Crippen LogP contribution in [-0.4, -0.2) is 153 Å². The van der Waals surface area contributed by atoms with Crippen LogP contribution in [0.15, 0.2) is 109 Å². The number of hydrogen-bond acceptors (Lipinski definition) is 15. The molecule has 5 atom stereocenters. The molecule has 470 valence electrons. The third-order valence-electron chi connectivity index (χ3n) is 16.9. The highest BCUT2D eigenvalue weighted by molar-refractivity contribution is 6.32. The molecular formula is C68H79Cl2FN10O8. The van der Waals surface area contributed by atoms with Gasteiger partial charge in [-0.3, -0.25) is 19.3 Å². The summed E-state index contributed by atoms with van der Waals surface area (Å²) in [6.07, 6.45) is 14.6. The zero-order chi connectivity index (χ0) is 63.4. The van der Waals surface area contributed by atoms with Crippen molar-refractivity contribution in [3.05, 3.63) is 142 Å². The van der Waals surface area contributed by atoms with Crippen LogP contribution < -0.4 is 35.2 Å². The lowest BCUT2D eigenvalue weighted by Gasteiger charge is -2.38. The van der Waals surface area contributed by atoms with E-state index in [2.05, 4.69) is 55.3 Å². The first-order valence-corrected chi connectivity index (χ1v) is 31.1. The monoisotopic (exact) mass is 1250 g/mol. The minimum absolute atomic E-state index is 0.0737. The number of aromatic nitrogens is 2. The Bertz CT molecular complexity index is 3530. The molecule has 0 unspecified atom stereocenters. The quantitative estimate of drug-likeness (QED) is 0.0208. The Hall–Kier alpha value is -7.75. The van der Waals surface area contributed by atoms with Gasteiger partial charge in [0.25, 0.3) is 5.91 Å². The molecule has 0 aliphatic carbocycles. The van der Waals surface area contributed by atoms with Crippen LogP contribution in [0.3, 0.4) is 0 Å². The number of carbonyl (C=O) groups excluding carboxylic acids is 3. The predicted molar refractivity (Wildman–Crippen MR) is 345 cm³/mol. The van der Waals surface area contributed by atoms with E-state index in [0.717, 1.165) is 66.0 Å². The van der Waals surface area contributed by atoms with Gasteiger partial charge in [-0.1, -0.05) is 99.0 Å². The first kappa shape index (κ1) is 65.7. The zero-order valence-corrected chi connectivity index (χ0v) is 52.7. The van der Waals surface area contributed by atoms with E-state index in [0.29, 0.717) is 82.6 Å². The molecule has 4 aliphatic heterocycles. The van der Waals surface area contributed by atoms with Gasteiger partial charge in [-0.15, -0.1) is 6.42 Å². The van der Waals surface area contributed by atoms with Gasteiger partial charge in [0, 0.05) is 110 Å². The van der Waals surface area contributed by atoms with Gasteiger partial charge < -0.3 is 54.7 Å². The number of terminal acetylenes is 1. The average Bonchev–Trinajstić information content (AvgIpc) is 1.65. The number of methoxy groups -OCH3 is 1. The van der Waals surface area contributed by atoms with Gasteiger partial charge in [-0.2, -0.15) is 15.2 Å². The summed E-state index contributed by atoms with van der Waals surface area (Å²) in [6.45, 7) is 18.9. The number of likely N-dealkylation sites (tertiary alicyclic amines) is 1. The van der Waals surface area contributed by atoms with Crippen molar-refractivity contribution in [2.75, 3.05) is 101 Å². The summed E-state index contributed by atoms with van der Waals surface area (Å²) >= 11 is 12.3. The molecule has 0 spiro atoms. The minimum Gasteiger partial charge on any atom is -0.508 e. The molecule has 3 fully saturated rings. The lowest BCUT2D eigenvalue weighted by molar-refractivity contribution is -0.126. The second kappa shape index (κ2) is 29.7. The molecule has 18 nitrogen and oxygen atoms in total. The zero-order valence-electron chi connectivity index (χ0n) is 51.2. The number of phenolic OH excluding ortho intramolecular Hbond substituents is 1. The van der Waals surface area contributed by atoms with Crippen LogP contribution in [0.4, 0.5) is 21.6 Å². The number of ether oxygens (including phenoxy) is 4. The molecule has 1 aromatic heterocycles. The minimum atomic E-state index is -1.52. The van der Waals surface area contributed by atoms with Crippen LogP contribution in [0.5, 0.6) is 17.5 Å². The Morgan fingerprint density at radius 3 is 2.49 bits per heavy atom. The summed E-state index contributed by atoms with van der Waals surface area (Å²) in [4.78, 5) is 59.1. The van der Waals surface area contributed by atoms with Gasteiger partial charge in [-0.05, 0) is 98.4 Å². The van der Waals surface area contributed by atoms with E-state index in [1.165, 1.54) is 37.5 Å². The molecule has 4 aromatic carbocycles. The summed E-state index contributed by atoms with van der Waals surface area (Å²) in [5.41, 5.74) is 1.76. The number of nitrogens with zero attached hydrogens (tertiary/aromatic N) is 7. The Labute approximate surface area is 531 Å². The van der Waals surface area contributed by atoms with Crippen molar-refractivity contribution in [1.29, 1.82) is 5.26 Å². The van der Waals surface area contributed by atoms with Crippen molar-refractivity contribution < 1.29 is 42.8 Å². The first-order chi connectivity index (χ1) is 42.8. The number of piperazine rings is 1. The van der Waals surface area contributed by atoms with Gasteiger partial charge >= 0.3 is 6.01 Å². The Morgan fingerprint density at radius 2 is 1.78 bits per heavy atom. The summed E-state index contributed by atoms with van der Waals surface area (Å²) < 4.78 is 40.3. The Balaban J connectivity index is 0.736. The van der Waals surface area contributed by atoms with Crippen LogP contribution in [0, 0.1) is 40.8 Å². The number of amides is 3. The molecule has 9 rings (SSSR count). The van der Waals surface area contributed by atoms with Gasteiger partial charge in [0.2, 0.25) is 11.8 Å². The highest BCUT2D eigenvalue weighted by Crippen LogP contribution is 2.49. The fourth-order valence-corrected chi connectivity index (χ4v) is 12.9. The van der Waals surface area contributed by atoms with Gasteiger partial charge in [0.05, 0.1) is 68.1 Å². The number of hydrogen-bond donors (Lipinski definition) is 4. The van der Waals surface area contributed by atoms with E-state index in [4.69, 9.17) is 58.5 Å². The third kappa shape index (κ3) is 16.0. The number of allylic oxidation sites excluding steroid dienone is 4. The van der Waals surface area contributed by atoms with E-state index < -0.39 is 35.1 Å². The summed E-state index contributed by atoms with van der Waals surface area (Å²) in [5.74, 6) is 1.25. The topological polar surface area (TPSA) is 207 Å². The maximum absolute atomic E-state index is 16.1. The van der Waals surface area contributed by atoms with E-state index in [1.54, 1.807) is 36.4 Å². The lowest BCUT2D eigenvalue weighted by atomic mass is 9.63. The number of anilines is 3. The number of halogens is 3. The van der Waals surface area contributed by atoms with Crippen LogP contribution in [0.25, 0.3) is 10.8 Å². The fraction of sp³-hybridized carbons (Fsp3) is 0.441. The number of nitrogens with one attached hydrogen (secondary N) is 3.